The van der Waals surface area contributed by atoms with Gasteiger partial charge in [0.15, 0.2) is 0 Å². The molecule has 86 valence electrons. The first-order chi connectivity index (χ1) is 6.91. The van der Waals surface area contributed by atoms with Crippen LogP contribution in [-0.2, 0) is 14.4 Å². The Kier molecular flexibility index (Phi) is 6.08. The Hall–Kier alpha value is -1.59. The lowest BCUT2D eigenvalue weighted by molar-refractivity contribution is -0.122. The zero-order chi connectivity index (χ0) is 11.8. The van der Waals surface area contributed by atoms with E-state index in [-0.39, 0.29) is 23.8 Å². The predicted molar refractivity (Wildman–Crippen MR) is 55.0 cm³/mol. The van der Waals surface area contributed by atoms with E-state index in [1.54, 1.807) is 0 Å². The molecule has 6 heteroatoms. The summed E-state index contributed by atoms with van der Waals surface area (Å²) < 4.78 is 0. The summed E-state index contributed by atoms with van der Waals surface area (Å²) in [6, 6.07) is -0.282. The van der Waals surface area contributed by atoms with E-state index in [0.717, 1.165) is 0 Å². The minimum atomic E-state index is -0.282. The second-order valence-electron chi connectivity index (χ2n) is 3.27. The highest BCUT2D eigenvalue weighted by molar-refractivity contribution is 5.75. The van der Waals surface area contributed by atoms with Gasteiger partial charge in [0.05, 0.1) is 6.04 Å². The summed E-state index contributed by atoms with van der Waals surface area (Å²) in [6.45, 7) is 4.77. The highest BCUT2D eigenvalue weighted by atomic mass is 16.2. The number of hydrogen-bond donors (Lipinski definition) is 3. The molecule has 0 unspecified atom stereocenters. The highest BCUT2D eigenvalue weighted by Crippen LogP contribution is 1.81. The maximum Gasteiger partial charge on any atom is 0.217 e. The normalized spacial score (nSPS) is 9.60. The van der Waals surface area contributed by atoms with E-state index in [0.29, 0.717) is 13.1 Å². The third-order valence-corrected chi connectivity index (χ3v) is 1.60. The van der Waals surface area contributed by atoms with E-state index in [1.807, 2.05) is 0 Å². The average Bonchev–Trinajstić information content (AvgIpc) is 2.08. The van der Waals surface area contributed by atoms with E-state index >= 15 is 0 Å². The molecule has 0 heterocycles. The fraction of sp³-hybridized carbons (Fsp3) is 0.667. The van der Waals surface area contributed by atoms with Crippen molar-refractivity contribution in [1.82, 2.24) is 16.0 Å². The van der Waals surface area contributed by atoms with Crippen LogP contribution < -0.4 is 16.0 Å². The van der Waals surface area contributed by atoms with E-state index in [1.165, 1.54) is 20.8 Å². The molecular formula is C9H17N3O3. The number of hydrogen-bond acceptors (Lipinski definition) is 3. The molecule has 0 aliphatic carbocycles. The molecule has 0 aliphatic rings. The van der Waals surface area contributed by atoms with Crippen molar-refractivity contribution in [2.45, 2.75) is 26.8 Å². The Labute approximate surface area is 88.8 Å². The van der Waals surface area contributed by atoms with Crippen molar-refractivity contribution in [3.05, 3.63) is 0 Å². The van der Waals surface area contributed by atoms with E-state index in [4.69, 9.17) is 0 Å². The second kappa shape index (κ2) is 6.80. The number of carbonyl (C=O) groups excluding carboxylic acids is 3. The maximum absolute atomic E-state index is 10.8. The SMILES string of the molecule is CC(=O)NCC(CNC(C)=O)NC(C)=O. The van der Waals surface area contributed by atoms with Crippen molar-refractivity contribution in [3.63, 3.8) is 0 Å². The van der Waals surface area contributed by atoms with Crippen LogP contribution in [0.5, 0.6) is 0 Å². The standard InChI is InChI=1S/C9H17N3O3/c1-6(13)10-4-9(12-8(3)15)5-11-7(2)14/h9H,4-5H2,1-3H3,(H,10,13)(H,11,14)(H,12,15). The van der Waals surface area contributed by atoms with E-state index in [9.17, 15) is 14.4 Å². The Balaban J connectivity index is 3.99. The number of carbonyl (C=O) groups is 3. The topological polar surface area (TPSA) is 87.3 Å². The lowest BCUT2D eigenvalue weighted by Gasteiger charge is -2.18. The summed E-state index contributed by atoms with van der Waals surface area (Å²) >= 11 is 0. The van der Waals surface area contributed by atoms with Gasteiger partial charge in [0.2, 0.25) is 17.7 Å². The molecule has 0 saturated carbocycles. The molecule has 0 radical (unpaired) electrons. The quantitative estimate of drug-likeness (QED) is 0.536. The second-order valence-corrected chi connectivity index (χ2v) is 3.27. The van der Waals surface area contributed by atoms with Crippen LogP contribution in [0, 0.1) is 0 Å². The monoisotopic (exact) mass is 215 g/mol. The first-order valence-electron chi connectivity index (χ1n) is 4.67. The van der Waals surface area contributed by atoms with Crippen LogP contribution in [0.3, 0.4) is 0 Å². The van der Waals surface area contributed by atoms with Gasteiger partial charge in [0.1, 0.15) is 0 Å². The Bertz CT molecular complexity index is 235. The van der Waals surface area contributed by atoms with Crippen molar-refractivity contribution in [3.8, 4) is 0 Å². The lowest BCUT2D eigenvalue weighted by atomic mass is 10.2. The minimum Gasteiger partial charge on any atom is -0.354 e. The van der Waals surface area contributed by atoms with Gasteiger partial charge in [-0.3, -0.25) is 14.4 Å². The molecule has 15 heavy (non-hydrogen) atoms. The Morgan fingerprint density at radius 3 is 1.53 bits per heavy atom. The predicted octanol–water partition coefficient (Wildman–Crippen LogP) is -1.24. The summed E-state index contributed by atoms with van der Waals surface area (Å²) in [6.07, 6.45) is 0. The third-order valence-electron chi connectivity index (χ3n) is 1.60. The molecule has 0 saturated heterocycles. The summed E-state index contributed by atoms with van der Waals surface area (Å²) in [5, 5.41) is 7.76. The van der Waals surface area contributed by atoms with Crippen LogP contribution in [0.2, 0.25) is 0 Å². The van der Waals surface area contributed by atoms with Gasteiger partial charge in [-0.05, 0) is 0 Å². The summed E-state index contributed by atoms with van der Waals surface area (Å²) in [7, 11) is 0. The minimum absolute atomic E-state index is 0.173. The fourth-order valence-electron chi connectivity index (χ4n) is 0.996. The molecule has 0 aromatic carbocycles. The van der Waals surface area contributed by atoms with Gasteiger partial charge in [-0.1, -0.05) is 0 Å². The van der Waals surface area contributed by atoms with Crippen LogP contribution in [0.25, 0.3) is 0 Å². The molecule has 0 atom stereocenters. The van der Waals surface area contributed by atoms with Crippen molar-refractivity contribution in [1.29, 1.82) is 0 Å². The van der Waals surface area contributed by atoms with Crippen LogP contribution in [0.4, 0.5) is 0 Å². The van der Waals surface area contributed by atoms with Crippen molar-refractivity contribution in [2.75, 3.05) is 13.1 Å². The largest absolute Gasteiger partial charge is 0.354 e. The van der Waals surface area contributed by atoms with Gasteiger partial charge in [0, 0.05) is 33.9 Å². The van der Waals surface area contributed by atoms with Crippen molar-refractivity contribution < 1.29 is 14.4 Å². The first kappa shape index (κ1) is 13.4. The molecule has 3 N–H and O–H groups in total. The fourth-order valence-corrected chi connectivity index (χ4v) is 0.996. The summed E-state index contributed by atoms with van der Waals surface area (Å²) in [5.74, 6) is -0.544. The van der Waals surface area contributed by atoms with Gasteiger partial charge in [-0.2, -0.15) is 0 Å². The summed E-state index contributed by atoms with van der Waals surface area (Å²) in [5.41, 5.74) is 0. The highest BCUT2D eigenvalue weighted by Gasteiger charge is 2.10. The van der Waals surface area contributed by atoms with Gasteiger partial charge >= 0.3 is 0 Å². The van der Waals surface area contributed by atoms with Crippen molar-refractivity contribution in [2.24, 2.45) is 0 Å². The van der Waals surface area contributed by atoms with Gasteiger partial charge < -0.3 is 16.0 Å². The maximum atomic E-state index is 10.8. The van der Waals surface area contributed by atoms with Gasteiger partial charge in [-0.25, -0.2) is 0 Å². The van der Waals surface area contributed by atoms with Crippen molar-refractivity contribution >= 4 is 17.7 Å². The molecule has 6 nitrogen and oxygen atoms in total. The van der Waals surface area contributed by atoms with Crippen LogP contribution in [-0.4, -0.2) is 36.9 Å². The Morgan fingerprint density at radius 1 is 0.867 bits per heavy atom. The van der Waals surface area contributed by atoms with Crippen LogP contribution in [0.1, 0.15) is 20.8 Å². The molecule has 0 aromatic heterocycles. The summed E-state index contributed by atoms with van der Waals surface area (Å²) in [4.78, 5) is 32.1. The van der Waals surface area contributed by atoms with Gasteiger partial charge in [0.25, 0.3) is 0 Å². The number of nitrogens with one attached hydrogen (secondary N) is 3. The van der Waals surface area contributed by atoms with E-state index in [2.05, 4.69) is 16.0 Å². The third kappa shape index (κ3) is 8.73. The zero-order valence-electron chi connectivity index (χ0n) is 9.22. The molecule has 0 spiro atoms. The first-order valence-corrected chi connectivity index (χ1v) is 4.67. The van der Waals surface area contributed by atoms with Crippen LogP contribution in [0.15, 0.2) is 0 Å². The molecule has 0 bridgehead atoms. The number of rotatable bonds is 5. The molecule has 3 amide bonds. The van der Waals surface area contributed by atoms with Crippen LogP contribution >= 0.6 is 0 Å². The number of amides is 3. The molecule has 0 fully saturated rings. The smallest absolute Gasteiger partial charge is 0.217 e. The molecular weight excluding hydrogens is 198 g/mol. The average molecular weight is 215 g/mol. The molecule has 0 aliphatic heterocycles. The lowest BCUT2D eigenvalue weighted by Crippen LogP contribution is -2.48. The van der Waals surface area contributed by atoms with E-state index < -0.39 is 0 Å². The zero-order valence-corrected chi connectivity index (χ0v) is 9.22. The van der Waals surface area contributed by atoms with Gasteiger partial charge in [-0.15, -0.1) is 0 Å². The Morgan fingerprint density at radius 2 is 1.27 bits per heavy atom. The molecule has 0 aromatic rings. The molecule has 0 rings (SSSR count).